The minimum absolute atomic E-state index is 0.0597. The average molecular weight is 362 g/mol. The highest BCUT2D eigenvalue weighted by Gasteiger charge is 2.32. The van der Waals surface area contributed by atoms with Crippen molar-refractivity contribution in [1.82, 2.24) is 9.21 Å². The Morgan fingerprint density at radius 1 is 1.35 bits per heavy atom. The number of benzene rings is 1. The molecule has 0 saturated carbocycles. The maximum atomic E-state index is 12.8. The van der Waals surface area contributed by atoms with Crippen molar-refractivity contribution in [1.29, 1.82) is 0 Å². The van der Waals surface area contributed by atoms with Gasteiger partial charge in [0.05, 0.1) is 5.69 Å². The first kappa shape index (κ1) is 15.8. The largest absolute Gasteiger partial charge is 0.398 e. The second-order valence-electron chi connectivity index (χ2n) is 5.26. The molecule has 1 aromatic carbocycles. The quantitative estimate of drug-likeness (QED) is 0.814. The van der Waals surface area contributed by atoms with Crippen LogP contribution in [-0.2, 0) is 10.0 Å². The van der Waals surface area contributed by atoms with E-state index in [0.717, 1.165) is 24.0 Å². The number of anilines is 1. The van der Waals surface area contributed by atoms with Gasteiger partial charge in [-0.25, -0.2) is 8.42 Å². The number of nitrogen functional groups attached to an aromatic ring is 1. The third-order valence-corrected chi connectivity index (χ3v) is 6.13. The molecule has 112 valence electrons. The Balaban J connectivity index is 2.38. The van der Waals surface area contributed by atoms with Gasteiger partial charge in [-0.15, -0.1) is 0 Å². The molecule has 0 aliphatic carbocycles. The Bertz CT molecular complexity index is 591. The number of nitrogens with two attached hydrogens (primary N) is 1. The van der Waals surface area contributed by atoms with Crippen molar-refractivity contribution in [2.24, 2.45) is 0 Å². The van der Waals surface area contributed by atoms with E-state index in [4.69, 9.17) is 5.73 Å². The summed E-state index contributed by atoms with van der Waals surface area (Å²) >= 11 is 3.30. The molecule has 1 aromatic rings. The molecule has 0 radical (unpaired) electrons. The fourth-order valence-electron chi connectivity index (χ4n) is 2.59. The van der Waals surface area contributed by atoms with Crippen LogP contribution < -0.4 is 5.73 Å². The first-order valence-corrected chi connectivity index (χ1v) is 8.81. The summed E-state index contributed by atoms with van der Waals surface area (Å²) < 4.78 is 27.9. The molecule has 0 amide bonds. The third-order valence-electron chi connectivity index (χ3n) is 3.54. The first-order chi connectivity index (χ1) is 9.32. The number of halogens is 1. The highest BCUT2D eigenvalue weighted by Crippen LogP contribution is 2.27. The van der Waals surface area contributed by atoms with Crippen molar-refractivity contribution >= 4 is 31.6 Å². The first-order valence-electron chi connectivity index (χ1n) is 6.58. The summed E-state index contributed by atoms with van der Waals surface area (Å²) in [5.74, 6) is 0. The zero-order valence-corrected chi connectivity index (χ0v) is 14.1. The second kappa shape index (κ2) is 6.01. The monoisotopic (exact) mass is 361 g/mol. The molecule has 1 heterocycles. The van der Waals surface area contributed by atoms with Crippen molar-refractivity contribution in [3.05, 3.63) is 22.7 Å². The van der Waals surface area contributed by atoms with Crippen molar-refractivity contribution in [3.63, 3.8) is 0 Å². The molecule has 0 aromatic heterocycles. The molecule has 0 bridgehead atoms. The molecule has 1 saturated heterocycles. The summed E-state index contributed by atoms with van der Waals surface area (Å²) in [5.41, 5.74) is 6.16. The van der Waals surface area contributed by atoms with Crippen molar-refractivity contribution in [2.75, 3.05) is 32.4 Å². The number of nitrogens with zero attached hydrogens (tertiary/aromatic N) is 2. The number of likely N-dealkylation sites (N-methyl/N-ethyl adjacent to an activating group) is 1. The fourth-order valence-corrected chi connectivity index (χ4v) is 4.73. The molecular formula is C13H20BrN3O2S. The van der Waals surface area contributed by atoms with Gasteiger partial charge >= 0.3 is 0 Å². The molecule has 0 spiro atoms. The Morgan fingerprint density at radius 2 is 2.05 bits per heavy atom. The van der Waals surface area contributed by atoms with Crippen LogP contribution in [0.4, 0.5) is 5.69 Å². The van der Waals surface area contributed by atoms with E-state index in [9.17, 15) is 8.42 Å². The summed E-state index contributed by atoms with van der Waals surface area (Å²) in [5, 5.41) is 0. The second-order valence-corrected chi connectivity index (χ2v) is 8.04. The predicted molar refractivity (Wildman–Crippen MR) is 84.0 cm³/mol. The highest BCUT2D eigenvalue weighted by atomic mass is 79.9. The molecule has 1 aliphatic rings. The SMILES string of the molecule is CC1CN(C)CCCN1S(=O)(=O)c1ccc(Br)cc1N. The minimum atomic E-state index is -3.54. The summed E-state index contributed by atoms with van der Waals surface area (Å²) in [6.45, 7) is 4.11. The highest BCUT2D eigenvalue weighted by molar-refractivity contribution is 9.10. The lowest BCUT2D eigenvalue weighted by molar-refractivity contribution is 0.290. The Morgan fingerprint density at radius 3 is 2.70 bits per heavy atom. The van der Waals surface area contributed by atoms with Gasteiger partial charge in [-0.3, -0.25) is 0 Å². The summed E-state index contributed by atoms with van der Waals surface area (Å²) in [4.78, 5) is 2.35. The lowest BCUT2D eigenvalue weighted by Crippen LogP contribution is -2.42. The van der Waals surface area contributed by atoms with Crippen LogP contribution in [0.15, 0.2) is 27.6 Å². The van der Waals surface area contributed by atoms with Crippen LogP contribution in [0.2, 0.25) is 0 Å². The molecule has 1 fully saturated rings. The summed E-state index contributed by atoms with van der Waals surface area (Å²) in [7, 11) is -1.53. The van der Waals surface area contributed by atoms with Crippen molar-refractivity contribution < 1.29 is 8.42 Å². The number of hydrogen-bond acceptors (Lipinski definition) is 4. The Labute approximate surface area is 128 Å². The van der Waals surface area contributed by atoms with E-state index in [1.165, 1.54) is 0 Å². The van der Waals surface area contributed by atoms with E-state index in [1.807, 2.05) is 14.0 Å². The van der Waals surface area contributed by atoms with Crippen LogP contribution in [-0.4, -0.2) is 50.3 Å². The van der Waals surface area contributed by atoms with Gasteiger partial charge in [-0.05, 0) is 45.1 Å². The smallest absolute Gasteiger partial charge is 0.245 e. The number of sulfonamides is 1. The normalized spacial score (nSPS) is 22.6. The van der Waals surface area contributed by atoms with Crippen LogP contribution in [0.1, 0.15) is 13.3 Å². The number of hydrogen-bond donors (Lipinski definition) is 1. The molecule has 5 nitrogen and oxygen atoms in total. The van der Waals surface area contributed by atoms with Gasteiger partial charge in [0.2, 0.25) is 10.0 Å². The van der Waals surface area contributed by atoms with E-state index >= 15 is 0 Å². The molecule has 1 aliphatic heterocycles. The molecule has 2 rings (SSSR count). The van der Waals surface area contributed by atoms with Crippen LogP contribution in [0.3, 0.4) is 0 Å². The van der Waals surface area contributed by atoms with Crippen LogP contribution >= 0.6 is 15.9 Å². The van der Waals surface area contributed by atoms with Crippen molar-refractivity contribution in [3.8, 4) is 0 Å². The fraction of sp³-hybridized carbons (Fsp3) is 0.538. The molecule has 2 N–H and O–H groups in total. The van der Waals surface area contributed by atoms with Gasteiger partial charge in [0, 0.05) is 23.6 Å². The zero-order valence-electron chi connectivity index (χ0n) is 11.7. The van der Waals surface area contributed by atoms with Gasteiger partial charge in [0.1, 0.15) is 4.90 Å². The molecule has 1 unspecified atom stereocenters. The lowest BCUT2D eigenvalue weighted by atomic mass is 10.3. The van der Waals surface area contributed by atoms with Gasteiger partial charge in [-0.1, -0.05) is 15.9 Å². The standard InChI is InChI=1S/C13H20BrN3O2S/c1-10-9-16(2)6-3-7-17(10)20(18,19)13-5-4-11(14)8-12(13)15/h4-5,8,10H,3,6-7,9,15H2,1-2H3. The number of rotatable bonds is 2. The molecule has 7 heteroatoms. The van der Waals surface area contributed by atoms with E-state index in [0.29, 0.717) is 6.54 Å². The molecular weight excluding hydrogens is 342 g/mol. The van der Waals surface area contributed by atoms with Gasteiger partial charge in [0.25, 0.3) is 0 Å². The summed E-state index contributed by atoms with van der Waals surface area (Å²) in [6.07, 6.45) is 0.830. The third kappa shape index (κ3) is 3.16. The van der Waals surface area contributed by atoms with E-state index in [-0.39, 0.29) is 16.6 Å². The maximum Gasteiger partial charge on any atom is 0.245 e. The van der Waals surface area contributed by atoms with Gasteiger partial charge in [0.15, 0.2) is 0 Å². The van der Waals surface area contributed by atoms with Gasteiger partial charge in [-0.2, -0.15) is 4.31 Å². The van der Waals surface area contributed by atoms with Crippen LogP contribution in [0.5, 0.6) is 0 Å². The van der Waals surface area contributed by atoms with Crippen molar-refractivity contribution in [2.45, 2.75) is 24.3 Å². The zero-order chi connectivity index (χ0) is 14.9. The summed E-state index contributed by atoms with van der Waals surface area (Å²) in [6, 6.07) is 4.84. The van der Waals surface area contributed by atoms with Crippen LogP contribution in [0.25, 0.3) is 0 Å². The molecule has 1 atom stereocenters. The van der Waals surface area contributed by atoms with Crippen LogP contribution in [0, 0.1) is 0 Å². The minimum Gasteiger partial charge on any atom is -0.398 e. The average Bonchev–Trinajstić information content (AvgIpc) is 2.49. The predicted octanol–water partition coefficient (Wildman–Crippen LogP) is 1.75. The maximum absolute atomic E-state index is 12.8. The van der Waals surface area contributed by atoms with E-state index in [1.54, 1.807) is 22.5 Å². The van der Waals surface area contributed by atoms with Gasteiger partial charge < -0.3 is 10.6 Å². The van der Waals surface area contributed by atoms with E-state index < -0.39 is 10.0 Å². The Kier molecular flexibility index (Phi) is 4.73. The molecule has 20 heavy (non-hydrogen) atoms. The topological polar surface area (TPSA) is 66.6 Å². The van der Waals surface area contributed by atoms with E-state index in [2.05, 4.69) is 20.8 Å². The Hall–Kier alpha value is -0.630. The lowest BCUT2D eigenvalue weighted by Gasteiger charge is -2.27.